The Morgan fingerprint density at radius 3 is 2.58 bits per heavy atom. The van der Waals surface area contributed by atoms with Gasteiger partial charge in [-0.05, 0) is 38.4 Å². The summed E-state index contributed by atoms with van der Waals surface area (Å²) >= 11 is 1.51. The molecule has 1 amide bonds. The van der Waals surface area contributed by atoms with Gasteiger partial charge in [-0.3, -0.25) is 4.79 Å². The van der Waals surface area contributed by atoms with Gasteiger partial charge in [0.2, 0.25) is 0 Å². The minimum atomic E-state index is 0. The second-order valence-corrected chi connectivity index (χ2v) is 6.77. The summed E-state index contributed by atoms with van der Waals surface area (Å²) in [6.45, 7) is 3.88. The smallest absolute Gasteiger partial charge is 0.263 e. The van der Waals surface area contributed by atoms with Crippen molar-refractivity contribution in [1.82, 2.24) is 15.6 Å². The molecule has 1 saturated heterocycles. The Hall–Kier alpha value is -1.14. The molecule has 0 bridgehead atoms. The molecule has 24 heavy (non-hydrogen) atoms. The molecule has 7 heteroatoms. The van der Waals surface area contributed by atoms with Crippen LogP contribution in [0.2, 0.25) is 0 Å². The van der Waals surface area contributed by atoms with Crippen molar-refractivity contribution in [2.75, 3.05) is 13.1 Å². The highest BCUT2D eigenvalue weighted by Gasteiger charge is 2.20. The minimum absolute atomic E-state index is 0. The van der Waals surface area contributed by atoms with Crippen LogP contribution in [0.4, 0.5) is 0 Å². The van der Waals surface area contributed by atoms with Crippen molar-refractivity contribution in [1.29, 1.82) is 0 Å². The zero-order valence-electron chi connectivity index (χ0n) is 13.6. The summed E-state index contributed by atoms with van der Waals surface area (Å²) in [6.07, 6.45) is 2.79. The number of piperidine rings is 1. The summed E-state index contributed by atoms with van der Waals surface area (Å²) in [5.74, 6) is 0.0289. The average Bonchev–Trinajstić information content (AvgIpc) is 2.90. The highest BCUT2D eigenvalue weighted by atomic mass is 35.5. The van der Waals surface area contributed by atoms with Gasteiger partial charge in [0.25, 0.3) is 5.91 Å². The van der Waals surface area contributed by atoms with Crippen molar-refractivity contribution in [3.8, 4) is 0 Å². The number of aryl methyl sites for hydroxylation is 1. The van der Waals surface area contributed by atoms with Crippen LogP contribution in [0.15, 0.2) is 30.3 Å². The summed E-state index contributed by atoms with van der Waals surface area (Å²) in [7, 11) is 0. The second-order valence-electron chi connectivity index (χ2n) is 5.68. The first-order valence-corrected chi connectivity index (χ1v) is 8.56. The van der Waals surface area contributed by atoms with Gasteiger partial charge in [0.1, 0.15) is 4.88 Å². The maximum Gasteiger partial charge on any atom is 0.263 e. The molecule has 0 atom stereocenters. The van der Waals surface area contributed by atoms with E-state index in [9.17, 15) is 4.79 Å². The van der Waals surface area contributed by atoms with Crippen molar-refractivity contribution < 1.29 is 4.79 Å². The minimum Gasteiger partial charge on any atom is -0.348 e. The Morgan fingerprint density at radius 2 is 1.92 bits per heavy atom. The molecular weight excluding hydrogens is 365 g/mol. The number of amides is 1. The van der Waals surface area contributed by atoms with E-state index in [4.69, 9.17) is 0 Å². The first kappa shape index (κ1) is 20.9. The van der Waals surface area contributed by atoms with Crippen molar-refractivity contribution in [3.63, 3.8) is 0 Å². The Balaban J connectivity index is 0.00000144. The molecule has 0 radical (unpaired) electrons. The van der Waals surface area contributed by atoms with Gasteiger partial charge in [-0.2, -0.15) is 0 Å². The molecule has 0 aliphatic carbocycles. The van der Waals surface area contributed by atoms with Crippen LogP contribution in [0.5, 0.6) is 0 Å². The molecule has 2 aromatic rings. The topological polar surface area (TPSA) is 54.0 Å². The number of carbonyl (C=O) groups excluding carboxylic acids is 1. The maximum absolute atomic E-state index is 12.4. The van der Waals surface area contributed by atoms with Crippen LogP contribution < -0.4 is 10.6 Å². The van der Waals surface area contributed by atoms with Crippen molar-refractivity contribution in [3.05, 3.63) is 51.5 Å². The Labute approximate surface area is 159 Å². The van der Waals surface area contributed by atoms with Crippen LogP contribution in [0.25, 0.3) is 0 Å². The number of nitrogens with zero attached hydrogens (tertiary/aromatic N) is 1. The summed E-state index contributed by atoms with van der Waals surface area (Å²) in [4.78, 5) is 17.8. The standard InChI is InChI=1S/C17H21N3OS.2ClH/c1-12-16(17(21)20-14-7-9-18-10-8-14)22-15(19-12)11-13-5-3-2-4-6-13;;/h2-6,14,18H,7-11H2,1H3,(H,20,21);2*1H. The van der Waals surface area contributed by atoms with Crippen molar-refractivity contribution >= 4 is 42.1 Å². The number of nitrogens with one attached hydrogen (secondary N) is 2. The predicted molar refractivity (Wildman–Crippen MR) is 104 cm³/mol. The van der Waals surface area contributed by atoms with Gasteiger partial charge < -0.3 is 10.6 Å². The van der Waals surface area contributed by atoms with Gasteiger partial charge >= 0.3 is 0 Å². The fraction of sp³-hybridized carbons (Fsp3) is 0.412. The average molecular weight is 388 g/mol. The van der Waals surface area contributed by atoms with Crippen LogP contribution in [-0.4, -0.2) is 30.0 Å². The van der Waals surface area contributed by atoms with Gasteiger partial charge in [-0.15, -0.1) is 36.2 Å². The fourth-order valence-corrected chi connectivity index (χ4v) is 3.73. The maximum atomic E-state index is 12.4. The molecule has 4 nitrogen and oxygen atoms in total. The fourth-order valence-electron chi connectivity index (χ4n) is 2.73. The van der Waals surface area contributed by atoms with Crippen molar-refractivity contribution in [2.24, 2.45) is 0 Å². The molecule has 132 valence electrons. The van der Waals surface area contributed by atoms with Crippen LogP contribution in [-0.2, 0) is 6.42 Å². The number of carbonyl (C=O) groups is 1. The van der Waals surface area contributed by atoms with Gasteiger partial charge in [0.05, 0.1) is 10.7 Å². The Morgan fingerprint density at radius 1 is 1.25 bits per heavy atom. The normalized spacial score (nSPS) is 14.4. The highest BCUT2D eigenvalue weighted by Crippen LogP contribution is 2.21. The lowest BCUT2D eigenvalue weighted by Gasteiger charge is -2.23. The molecule has 1 aromatic heterocycles. The van der Waals surface area contributed by atoms with Gasteiger partial charge in [-0.1, -0.05) is 30.3 Å². The lowest BCUT2D eigenvalue weighted by atomic mass is 10.1. The highest BCUT2D eigenvalue weighted by molar-refractivity contribution is 7.13. The molecule has 1 aliphatic heterocycles. The number of aromatic nitrogens is 1. The van der Waals surface area contributed by atoms with E-state index in [1.54, 1.807) is 0 Å². The number of hydrogen-bond acceptors (Lipinski definition) is 4. The van der Waals surface area contributed by atoms with E-state index in [0.717, 1.165) is 47.9 Å². The molecule has 0 saturated carbocycles. The molecule has 2 heterocycles. The first-order chi connectivity index (χ1) is 10.7. The Bertz CT molecular complexity index is 643. The van der Waals surface area contributed by atoms with E-state index < -0.39 is 0 Å². The van der Waals surface area contributed by atoms with E-state index in [2.05, 4.69) is 27.8 Å². The molecule has 0 unspecified atom stereocenters. The summed E-state index contributed by atoms with van der Waals surface area (Å²) < 4.78 is 0. The predicted octanol–water partition coefficient (Wildman–Crippen LogP) is 3.37. The monoisotopic (exact) mass is 387 g/mol. The Kier molecular flexibility index (Phi) is 8.70. The molecular formula is C17H23Cl2N3OS. The van der Waals surface area contributed by atoms with E-state index in [0.29, 0.717) is 0 Å². The van der Waals surface area contributed by atoms with Gasteiger partial charge in [0, 0.05) is 12.5 Å². The van der Waals surface area contributed by atoms with Crippen LogP contribution >= 0.6 is 36.2 Å². The van der Waals surface area contributed by atoms with E-state index in [-0.39, 0.29) is 36.8 Å². The lowest BCUT2D eigenvalue weighted by molar-refractivity contribution is 0.0933. The van der Waals surface area contributed by atoms with Crippen LogP contribution in [0.1, 0.15) is 38.8 Å². The molecule has 0 spiro atoms. The summed E-state index contributed by atoms with van der Waals surface area (Å²) in [5.41, 5.74) is 2.06. The van der Waals surface area contributed by atoms with E-state index >= 15 is 0 Å². The van der Waals surface area contributed by atoms with Crippen molar-refractivity contribution in [2.45, 2.75) is 32.2 Å². The SMILES string of the molecule is Cc1nc(Cc2ccccc2)sc1C(=O)NC1CCNCC1.Cl.Cl. The quantitative estimate of drug-likeness (QED) is 0.845. The molecule has 1 aliphatic rings. The lowest BCUT2D eigenvalue weighted by Crippen LogP contribution is -2.42. The van der Waals surface area contributed by atoms with Crippen LogP contribution in [0, 0.1) is 6.92 Å². The van der Waals surface area contributed by atoms with Crippen LogP contribution in [0.3, 0.4) is 0 Å². The zero-order valence-corrected chi connectivity index (χ0v) is 16.0. The molecule has 2 N–H and O–H groups in total. The van der Waals surface area contributed by atoms with E-state index in [1.165, 1.54) is 16.9 Å². The van der Waals surface area contributed by atoms with Gasteiger partial charge in [0.15, 0.2) is 0 Å². The third kappa shape index (κ3) is 5.45. The number of hydrogen-bond donors (Lipinski definition) is 2. The third-order valence-electron chi connectivity index (χ3n) is 3.92. The second kappa shape index (κ2) is 9.99. The molecule has 1 aromatic carbocycles. The summed E-state index contributed by atoms with van der Waals surface area (Å²) in [5, 5.41) is 7.45. The van der Waals surface area contributed by atoms with Gasteiger partial charge in [-0.25, -0.2) is 4.98 Å². The molecule has 3 rings (SSSR count). The number of rotatable bonds is 4. The number of halogens is 2. The largest absolute Gasteiger partial charge is 0.348 e. The first-order valence-electron chi connectivity index (χ1n) is 7.74. The zero-order chi connectivity index (χ0) is 15.4. The number of benzene rings is 1. The summed E-state index contributed by atoms with van der Waals surface area (Å²) in [6, 6.07) is 10.5. The molecule has 1 fully saturated rings. The van der Waals surface area contributed by atoms with E-state index in [1.807, 2.05) is 25.1 Å². The number of thiazole rings is 1. The third-order valence-corrected chi connectivity index (χ3v) is 5.08.